The SMILES string of the molecule is CC(CN)C(=O)Nc1ccc2nc(N3CCOCC3)sc2c1.Cl.Cl. The number of nitrogens with zero attached hydrogens (tertiary/aromatic N) is 2. The van der Waals surface area contributed by atoms with Crippen molar-refractivity contribution in [1.82, 2.24) is 4.98 Å². The van der Waals surface area contributed by atoms with E-state index in [2.05, 4.69) is 15.2 Å². The molecule has 1 aromatic carbocycles. The monoisotopic (exact) mass is 392 g/mol. The van der Waals surface area contributed by atoms with Gasteiger partial charge in [0.15, 0.2) is 5.13 Å². The van der Waals surface area contributed by atoms with Gasteiger partial charge >= 0.3 is 0 Å². The van der Waals surface area contributed by atoms with Crippen LogP contribution in [-0.4, -0.2) is 43.7 Å². The first-order valence-corrected chi connectivity index (χ1v) is 8.23. The molecule has 0 aliphatic carbocycles. The Morgan fingerprint density at radius 1 is 1.42 bits per heavy atom. The average Bonchev–Trinajstić information content (AvgIpc) is 2.98. The van der Waals surface area contributed by atoms with E-state index in [-0.39, 0.29) is 36.6 Å². The van der Waals surface area contributed by atoms with Gasteiger partial charge in [0.1, 0.15) is 0 Å². The van der Waals surface area contributed by atoms with Crippen LogP contribution in [0.4, 0.5) is 10.8 Å². The minimum Gasteiger partial charge on any atom is -0.378 e. The van der Waals surface area contributed by atoms with Crippen molar-refractivity contribution in [2.24, 2.45) is 11.7 Å². The largest absolute Gasteiger partial charge is 0.378 e. The molecule has 2 aromatic rings. The van der Waals surface area contributed by atoms with Gasteiger partial charge in [-0.15, -0.1) is 24.8 Å². The molecular weight excluding hydrogens is 371 g/mol. The minimum absolute atomic E-state index is 0. The van der Waals surface area contributed by atoms with E-state index < -0.39 is 0 Å². The smallest absolute Gasteiger partial charge is 0.228 e. The van der Waals surface area contributed by atoms with Crippen molar-refractivity contribution in [3.05, 3.63) is 18.2 Å². The summed E-state index contributed by atoms with van der Waals surface area (Å²) in [5.41, 5.74) is 7.26. The molecule has 9 heteroatoms. The Morgan fingerprint density at radius 2 is 2.12 bits per heavy atom. The number of hydrogen-bond acceptors (Lipinski definition) is 6. The molecule has 1 aliphatic rings. The predicted molar refractivity (Wildman–Crippen MR) is 104 cm³/mol. The Bertz CT molecular complexity index is 677. The lowest BCUT2D eigenvalue weighted by Gasteiger charge is -2.25. The number of benzene rings is 1. The molecule has 24 heavy (non-hydrogen) atoms. The van der Waals surface area contributed by atoms with E-state index in [1.165, 1.54) is 0 Å². The summed E-state index contributed by atoms with van der Waals surface area (Å²) in [6, 6.07) is 5.79. The molecular formula is C15H22Cl2N4O2S. The van der Waals surface area contributed by atoms with E-state index in [4.69, 9.17) is 10.5 Å². The molecule has 1 atom stereocenters. The molecule has 0 radical (unpaired) electrons. The lowest BCUT2D eigenvalue weighted by Crippen LogP contribution is -2.36. The molecule has 1 unspecified atom stereocenters. The number of hydrogen-bond donors (Lipinski definition) is 2. The number of ether oxygens (including phenoxy) is 1. The summed E-state index contributed by atoms with van der Waals surface area (Å²) in [5, 5.41) is 3.91. The first-order valence-electron chi connectivity index (χ1n) is 7.41. The Balaban J connectivity index is 0.00000144. The number of aromatic nitrogens is 1. The molecule has 1 fully saturated rings. The number of amides is 1. The van der Waals surface area contributed by atoms with E-state index in [1.54, 1.807) is 11.3 Å². The Hall–Kier alpha value is -1.12. The number of fused-ring (bicyclic) bond motifs is 1. The highest BCUT2D eigenvalue weighted by Gasteiger charge is 2.16. The van der Waals surface area contributed by atoms with Crippen LogP contribution in [0.3, 0.4) is 0 Å². The van der Waals surface area contributed by atoms with Crippen LogP contribution >= 0.6 is 36.2 Å². The van der Waals surface area contributed by atoms with E-state index >= 15 is 0 Å². The van der Waals surface area contributed by atoms with Gasteiger partial charge in [-0.2, -0.15) is 0 Å². The summed E-state index contributed by atoms with van der Waals surface area (Å²) >= 11 is 1.64. The molecule has 0 spiro atoms. The fourth-order valence-electron chi connectivity index (χ4n) is 2.25. The first-order chi connectivity index (χ1) is 10.7. The van der Waals surface area contributed by atoms with Crippen LogP contribution in [0.15, 0.2) is 18.2 Å². The fourth-order valence-corrected chi connectivity index (χ4v) is 3.31. The summed E-state index contributed by atoms with van der Waals surface area (Å²) in [7, 11) is 0. The summed E-state index contributed by atoms with van der Waals surface area (Å²) in [5.74, 6) is -0.249. The van der Waals surface area contributed by atoms with Gasteiger partial charge in [0.2, 0.25) is 5.91 Å². The summed E-state index contributed by atoms with van der Waals surface area (Å²) in [4.78, 5) is 18.8. The van der Waals surface area contributed by atoms with Gasteiger partial charge in [-0.1, -0.05) is 18.3 Å². The second kappa shape index (κ2) is 9.39. The molecule has 1 aromatic heterocycles. The van der Waals surface area contributed by atoms with Crippen LogP contribution in [0, 0.1) is 5.92 Å². The van der Waals surface area contributed by atoms with Gasteiger partial charge in [0.25, 0.3) is 0 Å². The fraction of sp³-hybridized carbons (Fsp3) is 0.467. The Kier molecular flexibility index (Phi) is 8.18. The third kappa shape index (κ3) is 4.70. The zero-order valence-electron chi connectivity index (χ0n) is 13.4. The van der Waals surface area contributed by atoms with Crippen molar-refractivity contribution in [3.63, 3.8) is 0 Å². The van der Waals surface area contributed by atoms with Crippen LogP contribution in [0.1, 0.15) is 6.92 Å². The number of carbonyl (C=O) groups is 1. The molecule has 1 amide bonds. The molecule has 0 saturated carbocycles. The maximum atomic E-state index is 11.9. The Morgan fingerprint density at radius 3 is 2.79 bits per heavy atom. The topological polar surface area (TPSA) is 80.5 Å². The summed E-state index contributed by atoms with van der Waals surface area (Å²) in [6.07, 6.45) is 0. The molecule has 134 valence electrons. The zero-order valence-corrected chi connectivity index (χ0v) is 15.8. The number of nitrogens with two attached hydrogens (primary N) is 1. The molecule has 1 aliphatic heterocycles. The first kappa shape index (κ1) is 20.9. The number of carbonyl (C=O) groups excluding carboxylic acids is 1. The lowest BCUT2D eigenvalue weighted by molar-refractivity contribution is -0.119. The van der Waals surface area contributed by atoms with Crippen molar-refractivity contribution < 1.29 is 9.53 Å². The van der Waals surface area contributed by atoms with E-state index in [0.717, 1.165) is 47.3 Å². The second-order valence-electron chi connectivity index (χ2n) is 5.40. The summed E-state index contributed by atoms with van der Waals surface area (Å²) in [6.45, 7) is 5.39. The highest BCUT2D eigenvalue weighted by molar-refractivity contribution is 7.22. The summed E-state index contributed by atoms with van der Waals surface area (Å²) < 4.78 is 6.44. The van der Waals surface area contributed by atoms with Crippen LogP contribution in [0.25, 0.3) is 10.2 Å². The van der Waals surface area contributed by atoms with E-state index in [1.807, 2.05) is 25.1 Å². The molecule has 2 heterocycles. The molecule has 3 N–H and O–H groups in total. The predicted octanol–water partition coefficient (Wildman–Crippen LogP) is 2.51. The number of rotatable bonds is 4. The Labute approximate surface area is 157 Å². The van der Waals surface area contributed by atoms with Crippen LogP contribution in [-0.2, 0) is 9.53 Å². The standard InChI is InChI=1S/C15H20N4O2S.2ClH/c1-10(9-16)14(20)17-11-2-3-12-13(8-11)22-15(18-12)19-4-6-21-7-5-19;;/h2-3,8,10H,4-7,9,16H2,1H3,(H,17,20);2*1H. The van der Waals surface area contributed by atoms with E-state index in [0.29, 0.717) is 6.54 Å². The number of nitrogens with one attached hydrogen (secondary N) is 1. The maximum absolute atomic E-state index is 11.9. The van der Waals surface area contributed by atoms with Crippen molar-refractivity contribution in [1.29, 1.82) is 0 Å². The number of halogens is 2. The minimum atomic E-state index is -0.193. The third-order valence-corrected chi connectivity index (χ3v) is 4.81. The van der Waals surface area contributed by atoms with Crippen molar-refractivity contribution in [2.75, 3.05) is 43.1 Å². The van der Waals surface area contributed by atoms with Gasteiger partial charge < -0.3 is 20.7 Å². The highest BCUT2D eigenvalue weighted by atomic mass is 35.5. The molecule has 6 nitrogen and oxygen atoms in total. The van der Waals surface area contributed by atoms with Crippen LogP contribution in [0.5, 0.6) is 0 Å². The van der Waals surface area contributed by atoms with Crippen molar-refractivity contribution in [3.8, 4) is 0 Å². The number of thiazole rings is 1. The molecule has 0 bridgehead atoms. The van der Waals surface area contributed by atoms with Gasteiger partial charge in [0, 0.05) is 31.2 Å². The maximum Gasteiger partial charge on any atom is 0.228 e. The van der Waals surface area contributed by atoms with Gasteiger partial charge in [0.05, 0.1) is 23.4 Å². The van der Waals surface area contributed by atoms with Crippen molar-refractivity contribution >= 4 is 63.1 Å². The highest BCUT2D eigenvalue weighted by Crippen LogP contribution is 2.31. The average molecular weight is 393 g/mol. The van der Waals surface area contributed by atoms with Gasteiger partial charge in [-0.05, 0) is 18.2 Å². The van der Waals surface area contributed by atoms with Crippen molar-refractivity contribution in [2.45, 2.75) is 6.92 Å². The normalized spacial score (nSPS) is 15.3. The number of morpholine rings is 1. The zero-order chi connectivity index (χ0) is 15.5. The van der Waals surface area contributed by atoms with Crippen LogP contribution < -0.4 is 16.0 Å². The quantitative estimate of drug-likeness (QED) is 0.835. The molecule has 1 saturated heterocycles. The second-order valence-corrected chi connectivity index (χ2v) is 6.41. The lowest BCUT2D eigenvalue weighted by atomic mass is 10.1. The van der Waals surface area contributed by atoms with E-state index in [9.17, 15) is 4.79 Å². The number of anilines is 2. The van der Waals surface area contributed by atoms with Crippen LogP contribution in [0.2, 0.25) is 0 Å². The van der Waals surface area contributed by atoms with Gasteiger partial charge in [-0.3, -0.25) is 4.79 Å². The van der Waals surface area contributed by atoms with Gasteiger partial charge in [-0.25, -0.2) is 4.98 Å². The third-order valence-electron chi connectivity index (χ3n) is 3.73. The molecule has 3 rings (SSSR count).